The zero-order chi connectivity index (χ0) is 18.5. The van der Waals surface area contributed by atoms with Crippen molar-refractivity contribution in [2.24, 2.45) is 0 Å². The Kier molecular flexibility index (Phi) is 5.41. The third-order valence-electron chi connectivity index (χ3n) is 4.43. The van der Waals surface area contributed by atoms with Crippen LogP contribution in [-0.4, -0.2) is 28.6 Å². The Morgan fingerprint density at radius 2 is 1.62 bits per heavy atom. The number of Topliss-reactive ketones (excluding diaryl/α,β-unsaturated/α-hetero) is 1. The molecule has 1 aliphatic rings. The van der Waals surface area contributed by atoms with Crippen molar-refractivity contribution < 1.29 is 14.4 Å². The first-order valence-electron chi connectivity index (χ1n) is 8.73. The fraction of sp³-hybridized carbons (Fsp3) is 0.300. The van der Waals surface area contributed by atoms with Gasteiger partial charge in [0.15, 0.2) is 5.78 Å². The topological polar surface area (TPSA) is 88.2 Å². The molecule has 0 radical (unpaired) electrons. The average Bonchev–Trinajstić information content (AvgIpc) is 3.15. The number of ketones is 1. The second-order valence-corrected chi connectivity index (χ2v) is 6.45. The highest BCUT2D eigenvalue weighted by molar-refractivity contribution is 6.04. The van der Waals surface area contributed by atoms with E-state index in [2.05, 4.69) is 15.6 Å². The van der Waals surface area contributed by atoms with Gasteiger partial charge in [-0.1, -0.05) is 31.0 Å². The Labute approximate surface area is 152 Å². The van der Waals surface area contributed by atoms with Crippen molar-refractivity contribution in [3.05, 3.63) is 59.4 Å². The normalized spacial score (nSPS) is 14.0. The van der Waals surface area contributed by atoms with Crippen molar-refractivity contribution in [2.45, 2.75) is 38.6 Å². The molecule has 1 aromatic heterocycles. The third kappa shape index (κ3) is 4.33. The maximum atomic E-state index is 12.4. The Morgan fingerprint density at radius 3 is 2.31 bits per heavy atom. The summed E-state index contributed by atoms with van der Waals surface area (Å²) in [6, 6.07) is 11.7. The summed E-state index contributed by atoms with van der Waals surface area (Å²) in [7, 11) is 0. The first-order valence-corrected chi connectivity index (χ1v) is 8.73. The van der Waals surface area contributed by atoms with Crippen LogP contribution in [0.2, 0.25) is 0 Å². The van der Waals surface area contributed by atoms with Crippen molar-refractivity contribution in [2.75, 3.05) is 5.32 Å². The van der Waals surface area contributed by atoms with Gasteiger partial charge in [0.05, 0.1) is 0 Å². The monoisotopic (exact) mass is 351 g/mol. The molecule has 1 heterocycles. The van der Waals surface area contributed by atoms with E-state index in [4.69, 9.17) is 0 Å². The van der Waals surface area contributed by atoms with E-state index < -0.39 is 5.91 Å². The summed E-state index contributed by atoms with van der Waals surface area (Å²) in [5.74, 6) is -0.767. The van der Waals surface area contributed by atoms with Crippen molar-refractivity contribution in [1.29, 1.82) is 0 Å². The molecule has 0 spiro atoms. The molecule has 6 nitrogen and oxygen atoms in total. The lowest BCUT2D eigenvalue weighted by molar-refractivity contribution is 0.0931. The zero-order valence-corrected chi connectivity index (χ0v) is 14.6. The summed E-state index contributed by atoms with van der Waals surface area (Å²) >= 11 is 0. The number of rotatable bonds is 5. The minimum absolute atomic E-state index is 0.0789. The summed E-state index contributed by atoms with van der Waals surface area (Å²) in [4.78, 5) is 40.4. The lowest BCUT2D eigenvalue weighted by Crippen LogP contribution is -2.33. The number of nitrogens with one attached hydrogen (secondary N) is 2. The highest BCUT2D eigenvalue weighted by Crippen LogP contribution is 2.18. The standard InChI is InChI=1S/C20H21N3O3/c1-13(24)14-6-4-9-16(12-14)22-20(26)18-11-5-10-17(23-18)19(25)21-15-7-2-3-8-15/h4-6,9-12,15H,2-3,7-8H2,1H3,(H,21,25)(H,22,26). The van der Waals surface area contributed by atoms with Crippen LogP contribution in [0.15, 0.2) is 42.5 Å². The number of anilines is 1. The van der Waals surface area contributed by atoms with Crippen molar-refractivity contribution >= 4 is 23.3 Å². The zero-order valence-electron chi connectivity index (χ0n) is 14.6. The summed E-state index contributed by atoms with van der Waals surface area (Å²) in [6.07, 6.45) is 4.22. The maximum Gasteiger partial charge on any atom is 0.274 e. The molecule has 2 aromatic rings. The van der Waals surface area contributed by atoms with E-state index in [9.17, 15) is 14.4 Å². The van der Waals surface area contributed by atoms with Crippen LogP contribution in [0.1, 0.15) is 63.9 Å². The maximum absolute atomic E-state index is 12.4. The molecule has 0 bridgehead atoms. The largest absolute Gasteiger partial charge is 0.348 e. The van der Waals surface area contributed by atoms with Gasteiger partial charge in [-0.3, -0.25) is 14.4 Å². The van der Waals surface area contributed by atoms with Crippen LogP contribution < -0.4 is 10.6 Å². The highest BCUT2D eigenvalue weighted by atomic mass is 16.2. The van der Waals surface area contributed by atoms with E-state index in [1.807, 2.05) is 0 Å². The highest BCUT2D eigenvalue weighted by Gasteiger charge is 2.19. The number of hydrogen-bond donors (Lipinski definition) is 2. The Balaban J connectivity index is 1.70. The van der Waals surface area contributed by atoms with Crippen LogP contribution in [0.4, 0.5) is 5.69 Å². The predicted molar refractivity (Wildman–Crippen MR) is 98.4 cm³/mol. The van der Waals surface area contributed by atoms with Crippen LogP contribution >= 0.6 is 0 Å². The van der Waals surface area contributed by atoms with Crippen LogP contribution in [0.25, 0.3) is 0 Å². The molecule has 1 aliphatic carbocycles. The Bertz CT molecular complexity index is 842. The Morgan fingerprint density at radius 1 is 0.962 bits per heavy atom. The summed E-state index contributed by atoms with van der Waals surface area (Å²) in [6.45, 7) is 1.47. The molecule has 1 fully saturated rings. The van der Waals surface area contributed by atoms with Gasteiger partial charge in [0.2, 0.25) is 0 Å². The van der Waals surface area contributed by atoms with Gasteiger partial charge in [-0.2, -0.15) is 0 Å². The molecule has 2 N–H and O–H groups in total. The second-order valence-electron chi connectivity index (χ2n) is 6.45. The summed E-state index contributed by atoms with van der Waals surface area (Å²) in [5, 5.41) is 5.67. The number of carbonyl (C=O) groups is 3. The fourth-order valence-corrected chi connectivity index (χ4v) is 3.03. The number of amides is 2. The molecule has 0 saturated heterocycles. The number of carbonyl (C=O) groups excluding carboxylic acids is 3. The first kappa shape index (κ1) is 17.8. The smallest absolute Gasteiger partial charge is 0.274 e. The van der Waals surface area contributed by atoms with E-state index in [1.54, 1.807) is 42.5 Å². The molecule has 3 rings (SSSR count). The fourth-order valence-electron chi connectivity index (χ4n) is 3.03. The molecular formula is C20H21N3O3. The number of pyridine rings is 1. The molecule has 6 heteroatoms. The second kappa shape index (κ2) is 7.91. The lowest BCUT2D eigenvalue weighted by atomic mass is 10.1. The van der Waals surface area contributed by atoms with Gasteiger partial charge in [-0.25, -0.2) is 4.98 Å². The van der Waals surface area contributed by atoms with E-state index >= 15 is 0 Å². The van der Waals surface area contributed by atoms with Gasteiger partial charge in [0.1, 0.15) is 11.4 Å². The summed E-state index contributed by atoms with van der Waals surface area (Å²) in [5.41, 5.74) is 1.39. The van der Waals surface area contributed by atoms with Gasteiger partial charge < -0.3 is 10.6 Å². The SMILES string of the molecule is CC(=O)c1cccc(NC(=O)c2cccc(C(=O)NC3CCCC3)n2)c1. The van der Waals surface area contributed by atoms with Crippen molar-refractivity contribution in [3.8, 4) is 0 Å². The molecule has 2 amide bonds. The van der Waals surface area contributed by atoms with Crippen LogP contribution in [-0.2, 0) is 0 Å². The van der Waals surface area contributed by atoms with Gasteiger partial charge in [-0.05, 0) is 44.0 Å². The van der Waals surface area contributed by atoms with Gasteiger partial charge >= 0.3 is 0 Å². The molecule has 1 aromatic carbocycles. The quantitative estimate of drug-likeness (QED) is 0.810. The van der Waals surface area contributed by atoms with E-state index in [-0.39, 0.29) is 29.1 Å². The van der Waals surface area contributed by atoms with Gasteiger partial charge in [0.25, 0.3) is 11.8 Å². The van der Waals surface area contributed by atoms with E-state index in [0.717, 1.165) is 25.7 Å². The number of hydrogen-bond acceptors (Lipinski definition) is 4. The minimum atomic E-state index is -0.429. The van der Waals surface area contributed by atoms with Crippen LogP contribution in [0, 0.1) is 0 Å². The third-order valence-corrected chi connectivity index (χ3v) is 4.43. The number of nitrogens with zero attached hydrogens (tertiary/aromatic N) is 1. The number of aromatic nitrogens is 1. The average molecular weight is 351 g/mol. The van der Waals surface area contributed by atoms with Crippen molar-refractivity contribution in [3.63, 3.8) is 0 Å². The summed E-state index contributed by atoms with van der Waals surface area (Å²) < 4.78 is 0. The van der Waals surface area contributed by atoms with Crippen LogP contribution in [0.3, 0.4) is 0 Å². The molecule has 0 aliphatic heterocycles. The molecule has 0 unspecified atom stereocenters. The minimum Gasteiger partial charge on any atom is -0.348 e. The molecule has 1 saturated carbocycles. The van der Waals surface area contributed by atoms with Crippen LogP contribution in [0.5, 0.6) is 0 Å². The van der Waals surface area contributed by atoms with E-state index in [1.165, 1.54) is 6.92 Å². The van der Waals surface area contributed by atoms with Gasteiger partial charge in [-0.15, -0.1) is 0 Å². The van der Waals surface area contributed by atoms with Gasteiger partial charge in [0, 0.05) is 17.3 Å². The van der Waals surface area contributed by atoms with Crippen molar-refractivity contribution in [1.82, 2.24) is 10.3 Å². The Hall–Kier alpha value is -3.02. The van der Waals surface area contributed by atoms with E-state index in [0.29, 0.717) is 11.3 Å². The predicted octanol–water partition coefficient (Wildman–Crippen LogP) is 3.21. The molecular weight excluding hydrogens is 330 g/mol. The number of benzene rings is 1. The first-order chi connectivity index (χ1) is 12.5. The molecule has 0 atom stereocenters. The molecule has 26 heavy (non-hydrogen) atoms. The molecule has 134 valence electrons. The lowest BCUT2D eigenvalue weighted by Gasteiger charge is -2.12.